The molecule has 86 valence electrons. The van der Waals surface area contributed by atoms with E-state index in [0.29, 0.717) is 6.42 Å². The van der Waals surface area contributed by atoms with Crippen molar-refractivity contribution >= 4 is 33.0 Å². The molecule has 1 aromatic carbocycles. The minimum Gasteiger partial charge on any atom is -0.324 e. The molecule has 0 aliphatic heterocycles. The Balaban J connectivity index is 2.25. The van der Waals surface area contributed by atoms with Crippen molar-refractivity contribution in [3.8, 4) is 6.07 Å². The van der Waals surface area contributed by atoms with Gasteiger partial charge in [0.05, 0.1) is 11.8 Å². The fraction of sp³-hybridized carbons (Fsp3) is 0.231. The lowest BCUT2D eigenvalue weighted by molar-refractivity contribution is -0.118. The number of benzene rings is 1. The zero-order valence-electron chi connectivity index (χ0n) is 9.43. The molecule has 1 heterocycles. The molecule has 0 spiro atoms. The summed E-state index contributed by atoms with van der Waals surface area (Å²) in [6.07, 6.45) is 0.532. The first-order valence-electron chi connectivity index (χ1n) is 5.43. The van der Waals surface area contributed by atoms with E-state index in [4.69, 9.17) is 5.26 Å². The number of nitrogens with zero attached hydrogens (tertiary/aromatic N) is 1. The molecule has 0 fully saturated rings. The first-order valence-corrected chi connectivity index (χ1v) is 6.31. The second-order valence-electron chi connectivity index (χ2n) is 3.72. The summed E-state index contributed by atoms with van der Waals surface area (Å²) in [5.74, 6) is -0.799. The molecule has 0 saturated carbocycles. The number of thiophene rings is 1. The molecular weight excluding hydrogens is 232 g/mol. The first-order chi connectivity index (χ1) is 8.26. The number of hydrogen-bond acceptors (Lipinski definition) is 3. The van der Waals surface area contributed by atoms with Gasteiger partial charge >= 0.3 is 0 Å². The SMILES string of the molecule is CCC(C#N)C(=O)Nc1csc2ccccc12. The van der Waals surface area contributed by atoms with E-state index >= 15 is 0 Å². The molecule has 0 aliphatic carbocycles. The third-order valence-corrected chi connectivity index (χ3v) is 3.58. The normalized spacial score (nSPS) is 12.0. The smallest absolute Gasteiger partial charge is 0.241 e. The van der Waals surface area contributed by atoms with Crippen LogP contribution in [0.3, 0.4) is 0 Å². The molecule has 2 aromatic rings. The predicted octanol–water partition coefficient (Wildman–Crippen LogP) is 3.39. The summed E-state index contributed by atoms with van der Waals surface area (Å²) in [4.78, 5) is 11.8. The number of nitrogens with one attached hydrogen (secondary N) is 1. The minimum absolute atomic E-state index is 0.224. The summed E-state index contributed by atoms with van der Waals surface area (Å²) in [7, 11) is 0. The molecule has 0 bridgehead atoms. The van der Waals surface area contributed by atoms with Crippen molar-refractivity contribution in [3.63, 3.8) is 0 Å². The third kappa shape index (κ3) is 2.29. The number of carbonyl (C=O) groups excluding carboxylic acids is 1. The van der Waals surface area contributed by atoms with Gasteiger partial charge in [-0.2, -0.15) is 5.26 Å². The van der Waals surface area contributed by atoms with E-state index < -0.39 is 5.92 Å². The third-order valence-electron chi connectivity index (χ3n) is 2.62. The maximum atomic E-state index is 11.8. The number of nitriles is 1. The van der Waals surface area contributed by atoms with Gasteiger partial charge in [-0.05, 0) is 12.5 Å². The maximum Gasteiger partial charge on any atom is 0.241 e. The van der Waals surface area contributed by atoms with E-state index in [0.717, 1.165) is 15.8 Å². The zero-order chi connectivity index (χ0) is 12.3. The average Bonchev–Trinajstić information content (AvgIpc) is 2.74. The Morgan fingerprint density at radius 2 is 2.29 bits per heavy atom. The first kappa shape index (κ1) is 11.6. The molecular formula is C13H12N2OS. The highest BCUT2D eigenvalue weighted by Crippen LogP contribution is 2.30. The largest absolute Gasteiger partial charge is 0.324 e. The van der Waals surface area contributed by atoms with Crippen molar-refractivity contribution in [1.29, 1.82) is 5.26 Å². The molecule has 17 heavy (non-hydrogen) atoms. The lowest BCUT2D eigenvalue weighted by Gasteiger charge is -2.06. The fourth-order valence-corrected chi connectivity index (χ4v) is 2.52. The van der Waals surface area contributed by atoms with Crippen LogP contribution in [0.15, 0.2) is 29.6 Å². The Hall–Kier alpha value is -1.86. The van der Waals surface area contributed by atoms with E-state index in [9.17, 15) is 4.79 Å². The van der Waals surface area contributed by atoms with Gasteiger partial charge in [0.15, 0.2) is 0 Å². The van der Waals surface area contributed by atoms with Crippen LogP contribution in [0, 0.1) is 17.2 Å². The van der Waals surface area contributed by atoms with Gasteiger partial charge in [-0.1, -0.05) is 25.1 Å². The van der Waals surface area contributed by atoms with Gasteiger partial charge in [0.2, 0.25) is 5.91 Å². The van der Waals surface area contributed by atoms with E-state index in [-0.39, 0.29) is 5.91 Å². The predicted molar refractivity (Wildman–Crippen MR) is 69.8 cm³/mol. The van der Waals surface area contributed by atoms with Gasteiger partial charge in [-0.25, -0.2) is 0 Å². The van der Waals surface area contributed by atoms with Crippen LogP contribution in [-0.4, -0.2) is 5.91 Å². The highest BCUT2D eigenvalue weighted by molar-refractivity contribution is 7.17. The van der Waals surface area contributed by atoms with E-state index in [2.05, 4.69) is 5.32 Å². The second kappa shape index (κ2) is 4.98. The topological polar surface area (TPSA) is 52.9 Å². The van der Waals surface area contributed by atoms with Crippen LogP contribution in [0.4, 0.5) is 5.69 Å². The van der Waals surface area contributed by atoms with Gasteiger partial charge in [0.25, 0.3) is 0 Å². The van der Waals surface area contributed by atoms with Gasteiger partial charge in [-0.15, -0.1) is 11.3 Å². The number of rotatable bonds is 3. The van der Waals surface area contributed by atoms with Crippen LogP contribution in [0.5, 0.6) is 0 Å². The highest BCUT2D eigenvalue weighted by atomic mass is 32.1. The lowest BCUT2D eigenvalue weighted by Crippen LogP contribution is -2.20. The van der Waals surface area contributed by atoms with Crippen LogP contribution in [-0.2, 0) is 4.79 Å². The summed E-state index contributed by atoms with van der Waals surface area (Å²) in [5, 5.41) is 14.6. The van der Waals surface area contributed by atoms with Crippen LogP contribution in [0.1, 0.15) is 13.3 Å². The summed E-state index contributed by atoms with van der Waals surface area (Å²) < 4.78 is 1.13. The lowest BCUT2D eigenvalue weighted by atomic mass is 10.1. The van der Waals surface area contributed by atoms with Crippen LogP contribution < -0.4 is 5.32 Å². The van der Waals surface area contributed by atoms with Gasteiger partial charge in [-0.3, -0.25) is 4.79 Å². The summed E-state index contributed by atoms with van der Waals surface area (Å²) in [6, 6.07) is 9.89. The Morgan fingerprint density at radius 1 is 1.53 bits per heavy atom. The molecule has 2 rings (SSSR count). The Labute approximate surface area is 104 Å². The Morgan fingerprint density at radius 3 is 3.00 bits per heavy atom. The second-order valence-corrected chi connectivity index (χ2v) is 4.64. The van der Waals surface area contributed by atoms with Gasteiger partial charge in [0.1, 0.15) is 5.92 Å². The maximum absolute atomic E-state index is 11.8. The standard InChI is InChI=1S/C13H12N2OS/c1-2-9(7-14)13(16)15-11-8-17-12-6-4-3-5-10(11)12/h3-6,8-9H,2H2,1H3,(H,15,16). The summed E-state index contributed by atoms with van der Waals surface area (Å²) in [6.45, 7) is 1.83. The van der Waals surface area contributed by atoms with E-state index in [1.165, 1.54) is 0 Å². The number of amides is 1. The number of hydrogen-bond donors (Lipinski definition) is 1. The summed E-state index contributed by atoms with van der Waals surface area (Å²) in [5.41, 5.74) is 0.796. The Kier molecular flexibility index (Phi) is 3.40. The number of fused-ring (bicyclic) bond motifs is 1. The van der Waals surface area contributed by atoms with Crippen molar-refractivity contribution in [3.05, 3.63) is 29.6 Å². The summed E-state index contributed by atoms with van der Waals surface area (Å²) >= 11 is 1.59. The van der Waals surface area contributed by atoms with Crippen LogP contribution in [0.2, 0.25) is 0 Å². The highest BCUT2D eigenvalue weighted by Gasteiger charge is 2.16. The molecule has 1 N–H and O–H groups in total. The fourth-order valence-electron chi connectivity index (χ4n) is 1.63. The van der Waals surface area contributed by atoms with Gasteiger partial charge in [0, 0.05) is 15.5 Å². The molecule has 1 atom stereocenters. The number of carbonyl (C=O) groups is 1. The minimum atomic E-state index is -0.575. The molecule has 0 radical (unpaired) electrons. The molecule has 1 aromatic heterocycles. The molecule has 3 nitrogen and oxygen atoms in total. The van der Waals surface area contributed by atoms with E-state index in [1.807, 2.05) is 42.6 Å². The molecule has 1 unspecified atom stereocenters. The molecule has 1 amide bonds. The van der Waals surface area contributed by atoms with Gasteiger partial charge < -0.3 is 5.32 Å². The monoisotopic (exact) mass is 244 g/mol. The van der Waals surface area contributed by atoms with Crippen LogP contribution >= 0.6 is 11.3 Å². The molecule has 0 aliphatic rings. The van der Waals surface area contributed by atoms with E-state index in [1.54, 1.807) is 11.3 Å². The Bertz CT molecular complexity index is 582. The quantitative estimate of drug-likeness (QED) is 0.899. The van der Waals surface area contributed by atoms with Crippen molar-refractivity contribution in [2.45, 2.75) is 13.3 Å². The van der Waals surface area contributed by atoms with Crippen LogP contribution in [0.25, 0.3) is 10.1 Å². The van der Waals surface area contributed by atoms with Crippen molar-refractivity contribution < 1.29 is 4.79 Å². The van der Waals surface area contributed by atoms with Crippen molar-refractivity contribution in [2.75, 3.05) is 5.32 Å². The zero-order valence-corrected chi connectivity index (χ0v) is 10.3. The number of anilines is 1. The molecule has 4 heteroatoms. The molecule has 0 saturated heterocycles. The van der Waals surface area contributed by atoms with Crippen molar-refractivity contribution in [2.24, 2.45) is 5.92 Å². The average molecular weight is 244 g/mol. The van der Waals surface area contributed by atoms with Crippen molar-refractivity contribution in [1.82, 2.24) is 0 Å².